The van der Waals surface area contributed by atoms with Gasteiger partial charge in [-0.3, -0.25) is 0 Å². The average Bonchev–Trinajstić information content (AvgIpc) is 2.69. The first kappa shape index (κ1) is 16.5. The fraction of sp³-hybridized carbons (Fsp3) is 0.273. The van der Waals surface area contributed by atoms with Crippen molar-refractivity contribution in [2.75, 3.05) is 0 Å². The number of nitrogens with zero attached hydrogens (tertiary/aromatic N) is 2. The van der Waals surface area contributed by atoms with Gasteiger partial charge in [-0.15, -0.1) is 19.5 Å². The van der Waals surface area contributed by atoms with Crippen molar-refractivity contribution < 1.29 is 23.1 Å². The number of alkyl halides is 3. The summed E-state index contributed by atoms with van der Waals surface area (Å²) in [7, 11) is 0.593. The fourth-order valence-corrected chi connectivity index (χ4v) is 2.79. The summed E-state index contributed by atoms with van der Waals surface area (Å²) in [5.41, 5.74) is -1.34. The van der Waals surface area contributed by atoms with Crippen molar-refractivity contribution in [1.29, 1.82) is 0 Å². The predicted octanol–water partition coefficient (Wildman–Crippen LogP) is 3.45. The maximum Gasteiger partial charge on any atom is 0.427 e. The second kappa shape index (κ2) is 6.28. The number of allylic oxidation sites excluding steroid dienone is 1. The normalized spacial score (nSPS) is 12.7. The molecule has 0 aliphatic heterocycles. The minimum Gasteiger partial charge on any atom is -0.476 e. The van der Waals surface area contributed by atoms with Crippen LogP contribution in [0.1, 0.15) is 22.5 Å². The first-order valence-corrected chi connectivity index (χ1v) is 7.22. The van der Waals surface area contributed by atoms with Gasteiger partial charge in [-0.1, -0.05) is 12.9 Å². The van der Waals surface area contributed by atoms with Gasteiger partial charge in [0.2, 0.25) is 0 Å². The topological polar surface area (TPSA) is 62.5 Å². The van der Waals surface area contributed by atoms with E-state index in [1.54, 1.807) is 0 Å². The Balaban J connectivity index is 3.51. The molecule has 1 aromatic rings. The molecule has 0 saturated heterocycles. The lowest BCUT2D eigenvalue weighted by Crippen LogP contribution is -2.19. The minimum atomic E-state index is -4.69. The lowest BCUT2D eigenvalue weighted by atomic mass is 10.2. The highest BCUT2D eigenvalue weighted by Crippen LogP contribution is 2.37. The van der Waals surface area contributed by atoms with Crippen LogP contribution in [0, 0.1) is 0 Å². The van der Waals surface area contributed by atoms with E-state index in [1.165, 1.54) is 6.92 Å². The Bertz CT molecular complexity index is 593. The summed E-state index contributed by atoms with van der Waals surface area (Å²) in [4.78, 5) is 17.3. The Hall–Kier alpha value is -1.53. The quantitative estimate of drug-likeness (QED) is 0.667. The van der Waals surface area contributed by atoms with Crippen molar-refractivity contribution in [1.82, 2.24) is 4.98 Å². The molecule has 0 atom stereocenters. The van der Waals surface area contributed by atoms with E-state index in [0.717, 1.165) is 0 Å². The second-order valence-corrected chi connectivity index (χ2v) is 5.51. The Kier molecular flexibility index (Phi) is 5.19. The molecular formula is C11H10F3N2O2PS. The summed E-state index contributed by atoms with van der Waals surface area (Å²) in [6, 6.07) is 0. The number of halogens is 3. The third kappa shape index (κ3) is 3.98. The molecule has 1 N–H and O–H groups in total. The van der Waals surface area contributed by atoms with Crippen LogP contribution in [0.4, 0.5) is 13.2 Å². The van der Waals surface area contributed by atoms with Gasteiger partial charge in [0.1, 0.15) is 15.6 Å². The van der Waals surface area contributed by atoms with Crippen LogP contribution in [0.25, 0.3) is 0 Å². The highest BCUT2D eigenvalue weighted by molar-refractivity contribution is 7.36. The van der Waals surface area contributed by atoms with E-state index in [1.807, 2.05) is 0 Å². The largest absolute Gasteiger partial charge is 0.476 e. The second-order valence-electron chi connectivity index (χ2n) is 3.67. The maximum absolute atomic E-state index is 12.9. The molecule has 20 heavy (non-hydrogen) atoms. The zero-order valence-electron chi connectivity index (χ0n) is 10.4. The molecule has 0 aliphatic carbocycles. The average molecular weight is 322 g/mol. The van der Waals surface area contributed by atoms with E-state index in [2.05, 4.69) is 22.9 Å². The van der Waals surface area contributed by atoms with Gasteiger partial charge in [0.15, 0.2) is 5.71 Å². The summed E-state index contributed by atoms with van der Waals surface area (Å²) in [5, 5.41) is 9.18. The zero-order chi connectivity index (χ0) is 15.5. The van der Waals surface area contributed by atoms with Gasteiger partial charge in [0.25, 0.3) is 0 Å². The van der Waals surface area contributed by atoms with Crippen molar-refractivity contribution in [3.63, 3.8) is 0 Å². The van der Waals surface area contributed by atoms with Crippen LogP contribution >= 0.6 is 19.5 Å². The molecule has 0 fully saturated rings. The van der Waals surface area contributed by atoms with Crippen LogP contribution in [0.15, 0.2) is 17.3 Å². The molecule has 0 aliphatic rings. The highest BCUT2D eigenvalue weighted by atomic mass is 32.1. The summed E-state index contributed by atoms with van der Waals surface area (Å²) in [6.07, 6.45) is -0.963. The Morgan fingerprint density at radius 2 is 2.15 bits per heavy atom. The molecule has 0 spiro atoms. The number of aliphatic carboxylic acids is 1. The van der Waals surface area contributed by atoms with Gasteiger partial charge in [-0.05, 0) is 6.92 Å². The van der Waals surface area contributed by atoms with Crippen molar-refractivity contribution in [3.8, 4) is 0 Å². The molecule has 0 aromatic carbocycles. The van der Waals surface area contributed by atoms with Crippen LogP contribution in [-0.4, -0.2) is 28.1 Å². The Labute approximate surface area is 118 Å². The van der Waals surface area contributed by atoms with Crippen LogP contribution < -0.4 is 0 Å². The van der Waals surface area contributed by atoms with Crippen molar-refractivity contribution in [2.24, 2.45) is 4.99 Å². The zero-order valence-corrected chi connectivity index (χ0v) is 12.1. The SMILES string of the molecule is C=PCc1nc(C(=NC(=C)C)C(=O)O)c(C(F)(F)F)s1. The summed E-state index contributed by atoms with van der Waals surface area (Å²) < 4.78 is 38.8. The standard InChI is InChI=1S/C11H10F3N2O2PS/c1-5(2)15-8(10(17)18)7-9(11(12,13)14)20-6(16-7)4-19-3/h1,3-4H2,2H3,(H,17,18). The summed E-state index contributed by atoms with van der Waals surface area (Å²) in [6.45, 7) is 4.76. The van der Waals surface area contributed by atoms with E-state index in [4.69, 9.17) is 5.11 Å². The number of carbonyl (C=O) groups is 1. The monoisotopic (exact) mass is 322 g/mol. The van der Waals surface area contributed by atoms with E-state index < -0.39 is 28.4 Å². The predicted molar refractivity (Wildman–Crippen MR) is 73.8 cm³/mol. The lowest BCUT2D eigenvalue weighted by molar-refractivity contribution is -0.134. The summed E-state index contributed by atoms with van der Waals surface area (Å²) in [5.74, 6) is -1.58. The Morgan fingerprint density at radius 3 is 2.55 bits per heavy atom. The number of rotatable bonds is 5. The van der Waals surface area contributed by atoms with Gasteiger partial charge < -0.3 is 5.11 Å². The van der Waals surface area contributed by atoms with Crippen LogP contribution in [-0.2, 0) is 17.1 Å². The van der Waals surface area contributed by atoms with Gasteiger partial charge >= 0.3 is 12.1 Å². The van der Waals surface area contributed by atoms with Crippen molar-refractivity contribution >= 4 is 37.5 Å². The van der Waals surface area contributed by atoms with E-state index in [-0.39, 0.29) is 16.9 Å². The Morgan fingerprint density at radius 1 is 1.55 bits per heavy atom. The number of thiazole rings is 1. The molecule has 1 aromatic heterocycles. The van der Waals surface area contributed by atoms with E-state index in [9.17, 15) is 18.0 Å². The van der Waals surface area contributed by atoms with Crippen LogP contribution in [0.3, 0.4) is 0 Å². The summed E-state index contributed by atoms with van der Waals surface area (Å²) >= 11 is 0.407. The van der Waals surface area contributed by atoms with Gasteiger partial charge in [0.05, 0.1) is 0 Å². The molecule has 0 bridgehead atoms. The van der Waals surface area contributed by atoms with E-state index in [0.29, 0.717) is 19.5 Å². The molecule has 0 saturated carbocycles. The van der Waals surface area contributed by atoms with Crippen LogP contribution in [0.2, 0.25) is 0 Å². The number of aromatic nitrogens is 1. The number of hydrogen-bond acceptors (Lipinski definition) is 4. The third-order valence-electron chi connectivity index (χ3n) is 1.91. The first-order chi connectivity index (χ1) is 9.16. The highest BCUT2D eigenvalue weighted by Gasteiger charge is 2.39. The van der Waals surface area contributed by atoms with Gasteiger partial charge in [0, 0.05) is 11.9 Å². The molecule has 4 nitrogen and oxygen atoms in total. The fourth-order valence-electron chi connectivity index (χ4n) is 1.27. The third-order valence-corrected chi connectivity index (χ3v) is 3.74. The molecule has 108 valence electrons. The van der Waals surface area contributed by atoms with E-state index >= 15 is 0 Å². The van der Waals surface area contributed by atoms with Gasteiger partial charge in [-0.2, -0.15) is 13.2 Å². The molecule has 0 unspecified atom stereocenters. The molecule has 0 amide bonds. The minimum absolute atomic E-state index is 0.0837. The lowest BCUT2D eigenvalue weighted by Gasteiger charge is -2.06. The molecule has 1 heterocycles. The number of aliphatic imine (C=N–C) groups is 1. The first-order valence-electron chi connectivity index (χ1n) is 5.14. The molecule has 0 radical (unpaired) electrons. The van der Waals surface area contributed by atoms with Crippen molar-refractivity contribution in [3.05, 3.63) is 27.9 Å². The maximum atomic E-state index is 12.9. The number of hydrogen-bond donors (Lipinski definition) is 1. The van der Waals surface area contributed by atoms with Crippen LogP contribution in [0.5, 0.6) is 0 Å². The number of carboxylic acid groups (broad SMARTS) is 1. The van der Waals surface area contributed by atoms with Gasteiger partial charge in [-0.25, -0.2) is 14.8 Å². The molecule has 1 rings (SSSR count). The number of carboxylic acids is 1. The molecular weight excluding hydrogens is 312 g/mol. The smallest absolute Gasteiger partial charge is 0.427 e. The molecule has 9 heteroatoms. The van der Waals surface area contributed by atoms with Crippen molar-refractivity contribution in [2.45, 2.75) is 19.3 Å².